The van der Waals surface area contributed by atoms with Gasteiger partial charge in [-0.05, 0) is 68.8 Å². The van der Waals surface area contributed by atoms with Crippen molar-refractivity contribution in [2.75, 3.05) is 0 Å². The van der Waals surface area contributed by atoms with Gasteiger partial charge in [0.25, 0.3) is 0 Å². The van der Waals surface area contributed by atoms with E-state index in [4.69, 9.17) is 4.98 Å². The highest BCUT2D eigenvalue weighted by Crippen LogP contribution is 2.26. The van der Waals surface area contributed by atoms with Gasteiger partial charge < -0.3 is 4.57 Å². The molecule has 0 saturated heterocycles. The average Bonchev–Trinajstić information content (AvgIpc) is 3.07. The number of hydrogen-bond acceptors (Lipinski definition) is 1. The predicted molar refractivity (Wildman–Crippen MR) is 101 cm³/mol. The zero-order chi connectivity index (χ0) is 16.7. The zero-order valence-corrected chi connectivity index (χ0v) is 14.2. The summed E-state index contributed by atoms with van der Waals surface area (Å²) in [7, 11) is 0. The molecule has 24 heavy (non-hydrogen) atoms. The molecule has 0 saturated carbocycles. The molecule has 0 atom stereocenters. The Labute approximate surface area is 142 Å². The molecule has 2 nitrogen and oxygen atoms in total. The fourth-order valence-electron chi connectivity index (χ4n) is 3.32. The Morgan fingerprint density at radius 2 is 1.50 bits per heavy atom. The Morgan fingerprint density at radius 1 is 0.792 bits per heavy atom. The van der Waals surface area contributed by atoms with E-state index in [1.807, 2.05) is 12.1 Å². The quantitative estimate of drug-likeness (QED) is 0.470. The molecule has 0 N–H and O–H groups in total. The summed E-state index contributed by atoms with van der Waals surface area (Å²) in [5, 5.41) is 1.16. The Morgan fingerprint density at radius 3 is 2.21 bits per heavy atom. The second-order valence-electron chi connectivity index (χ2n) is 6.49. The van der Waals surface area contributed by atoms with Crippen LogP contribution in [0.25, 0.3) is 27.8 Å². The van der Waals surface area contributed by atoms with Crippen molar-refractivity contribution >= 4 is 10.9 Å². The first-order chi connectivity index (χ1) is 11.6. The molecular formula is C22H20N2. The Bertz CT molecular complexity index is 1010. The number of fused-ring (bicyclic) bond motifs is 1. The van der Waals surface area contributed by atoms with E-state index in [1.54, 1.807) is 0 Å². The lowest BCUT2D eigenvalue weighted by Crippen LogP contribution is -1.95. The Hall–Kier alpha value is -2.87. The Balaban J connectivity index is 1.86. The molecule has 0 unspecified atom stereocenters. The van der Waals surface area contributed by atoms with Gasteiger partial charge in [0.1, 0.15) is 0 Å². The molecule has 0 radical (unpaired) electrons. The van der Waals surface area contributed by atoms with E-state index in [1.165, 1.54) is 27.9 Å². The van der Waals surface area contributed by atoms with Crippen LogP contribution in [0.5, 0.6) is 0 Å². The molecule has 0 fully saturated rings. The summed E-state index contributed by atoms with van der Waals surface area (Å²) < 4.78 is 2.15. The molecule has 0 aliphatic heterocycles. The summed E-state index contributed by atoms with van der Waals surface area (Å²) in [6.07, 6.45) is 4.15. The molecule has 0 aliphatic rings. The van der Waals surface area contributed by atoms with E-state index in [-0.39, 0.29) is 0 Å². The molecule has 4 rings (SSSR count). The van der Waals surface area contributed by atoms with Crippen LogP contribution >= 0.6 is 0 Å². The molecular weight excluding hydrogens is 292 g/mol. The lowest BCUT2D eigenvalue weighted by Gasteiger charge is -2.11. The Kier molecular flexibility index (Phi) is 3.46. The summed E-state index contributed by atoms with van der Waals surface area (Å²) in [5.41, 5.74) is 8.22. The van der Waals surface area contributed by atoms with Crippen molar-refractivity contribution in [1.82, 2.24) is 9.55 Å². The third-order valence-corrected chi connectivity index (χ3v) is 4.41. The van der Waals surface area contributed by atoms with Crippen LogP contribution in [-0.2, 0) is 0 Å². The van der Waals surface area contributed by atoms with Crippen molar-refractivity contribution in [2.24, 2.45) is 0 Å². The maximum Gasteiger partial charge on any atom is 0.0713 e. The van der Waals surface area contributed by atoms with Crippen molar-refractivity contribution in [3.8, 4) is 16.9 Å². The van der Waals surface area contributed by atoms with Crippen LogP contribution in [0.3, 0.4) is 0 Å². The van der Waals surface area contributed by atoms with Crippen LogP contribution in [0, 0.1) is 20.8 Å². The topological polar surface area (TPSA) is 17.8 Å². The van der Waals surface area contributed by atoms with Crippen molar-refractivity contribution in [3.05, 3.63) is 83.7 Å². The van der Waals surface area contributed by atoms with Crippen LogP contribution in [0.1, 0.15) is 16.7 Å². The van der Waals surface area contributed by atoms with Crippen LogP contribution in [0.2, 0.25) is 0 Å². The molecule has 2 aromatic carbocycles. The predicted octanol–water partition coefficient (Wildman–Crippen LogP) is 5.62. The summed E-state index contributed by atoms with van der Waals surface area (Å²) in [4.78, 5) is 4.90. The minimum Gasteiger partial charge on any atom is -0.324 e. The van der Waals surface area contributed by atoms with Crippen molar-refractivity contribution < 1.29 is 0 Å². The van der Waals surface area contributed by atoms with Gasteiger partial charge in [-0.15, -0.1) is 0 Å². The lowest BCUT2D eigenvalue weighted by atomic mass is 10.0. The van der Waals surface area contributed by atoms with E-state index < -0.39 is 0 Å². The standard InChI is InChI=1S/C22H20N2/c1-15-10-16(2)12-19(11-15)20-7-6-18-14-22(24-8-4-5-9-24)17(3)13-21(18)23-20/h4-14H,1-3H3. The normalized spacial score (nSPS) is 11.1. The highest BCUT2D eigenvalue weighted by atomic mass is 14.9. The molecule has 2 heterocycles. The summed E-state index contributed by atoms with van der Waals surface area (Å²) in [6, 6.07) is 19.4. The van der Waals surface area contributed by atoms with E-state index in [9.17, 15) is 0 Å². The number of pyridine rings is 1. The van der Waals surface area contributed by atoms with Crippen LogP contribution in [0.15, 0.2) is 67.0 Å². The largest absolute Gasteiger partial charge is 0.324 e. The minimum absolute atomic E-state index is 1.03. The van der Waals surface area contributed by atoms with E-state index in [2.05, 4.69) is 80.2 Å². The number of nitrogens with zero attached hydrogens (tertiary/aromatic N) is 2. The van der Waals surface area contributed by atoms with E-state index >= 15 is 0 Å². The van der Waals surface area contributed by atoms with Crippen molar-refractivity contribution in [2.45, 2.75) is 20.8 Å². The number of rotatable bonds is 2. The smallest absolute Gasteiger partial charge is 0.0713 e. The highest BCUT2D eigenvalue weighted by Gasteiger charge is 2.07. The van der Waals surface area contributed by atoms with Gasteiger partial charge in [-0.25, -0.2) is 4.98 Å². The first kappa shape index (κ1) is 14.7. The van der Waals surface area contributed by atoms with E-state index in [0.29, 0.717) is 0 Å². The number of benzene rings is 2. The third kappa shape index (κ3) is 2.61. The molecule has 118 valence electrons. The molecule has 0 bridgehead atoms. The van der Waals surface area contributed by atoms with Gasteiger partial charge in [-0.1, -0.05) is 23.3 Å². The average molecular weight is 312 g/mol. The molecule has 0 amide bonds. The molecule has 2 aromatic heterocycles. The number of aryl methyl sites for hydroxylation is 3. The minimum atomic E-state index is 1.03. The fourth-order valence-corrected chi connectivity index (χ4v) is 3.32. The summed E-state index contributed by atoms with van der Waals surface area (Å²) in [5.74, 6) is 0. The highest BCUT2D eigenvalue weighted by molar-refractivity contribution is 5.84. The lowest BCUT2D eigenvalue weighted by molar-refractivity contribution is 1.06. The summed E-state index contributed by atoms with van der Waals surface area (Å²) in [6.45, 7) is 6.40. The molecule has 2 heteroatoms. The summed E-state index contributed by atoms with van der Waals surface area (Å²) >= 11 is 0. The number of hydrogen-bond donors (Lipinski definition) is 0. The number of aromatic nitrogens is 2. The third-order valence-electron chi connectivity index (χ3n) is 4.41. The maximum atomic E-state index is 4.90. The van der Waals surface area contributed by atoms with Crippen molar-refractivity contribution in [3.63, 3.8) is 0 Å². The monoisotopic (exact) mass is 312 g/mol. The SMILES string of the molecule is Cc1cc(C)cc(-c2ccc3cc(-n4cccc4)c(C)cc3n2)c1. The first-order valence-electron chi connectivity index (χ1n) is 8.23. The second-order valence-corrected chi connectivity index (χ2v) is 6.49. The zero-order valence-electron chi connectivity index (χ0n) is 14.2. The van der Waals surface area contributed by atoms with Gasteiger partial charge in [-0.2, -0.15) is 0 Å². The van der Waals surface area contributed by atoms with Gasteiger partial charge in [0.15, 0.2) is 0 Å². The van der Waals surface area contributed by atoms with Gasteiger partial charge in [0.05, 0.1) is 11.2 Å². The van der Waals surface area contributed by atoms with E-state index in [0.717, 1.165) is 16.6 Å². The molecule has 0 aliphatic carbocycles. The van der Waals surface area contributed by atoms with Crippen LogP contribution in [-0.4, -0.2) is 9.55 Å². The fraction of sp³-hybridized carbons (Fsp3) is 0.136. The van der Waals surface area contributed by atoms with Gasteiger partial charge in [0.2, 0.25) is 0 Å². The molecule has 4 aromatic rings. The van der Waals surface area contributed by atoms with Crippen molar-refractivity contribution in [1.29, 1.82) is 0 Å². The van der Waals surface area contributed by atoms with Gasteiger partial charge in [-0.3, -0.25) is 0 Å². The van der Waals surface area contributed by atoms with Crippen LogP contribution in [0.4, 0.5) is 0 Å². The van der Waals surface area contributed by atoms with Gasteiger partial charge >= 0.3 is 0 Å². The van der Waals surface area contributed by atoms with Crippen LogP contribution < -0.4 is 0 Å². The van der Waals surface area contributed by atoms with Gasteiger partial charge in [0, 0.05) is 29.0 Å². The first-order valence-corrected chi connectivity index (χ1v) is 8.23. The second kappa shape index (κ2) is 5.64. The molecule has 0 spiro atoms. The maximum absolute atomic E-state index is 4.90.